The minimum absolute atomic E-state index is 0.0199. The fraction of sp³-hybridized carbons (Fsp3) is 0.588. The molecule has 7 heteroatoms. The lowest BCUT2D eigenvalue weighted by atomic mass is 10.1. The van der Waals surface area contributed by atoms with Gasteiger partial charge in [0.1, 0.15) is 0 Å². The molecule has 1 heterocycles. The van der Waals surface area contributed by atoms with E-state index < -0.39 is 12.7 Å². The van der Waals surface area contributed by atoms with Crippen molar-refractivity contribution in [1.82, 2.24) is 15.5 Å². The second kappa shape index (κ2) is 7.01. The number of amides is 2. The predicted octanol–water partition coefficient (Wildman–Crippen LogP) is 2.86. The van der Waals surface area contributed by atoms with Crippen molar-refractivity contribution in [3.63, 3.8) is 0 Å². The Labute approximate surface area is 139 Å². The number of nitrogens with zero attached hydrogens (tertiary/aromatic N) is 1. The van der Waals surface area contributed by atoms with Gasteiger partial charge in [-0.25, -0.2) is 4.79 Å². The summed E-state index contributed by atoms with van der Waals surface area (Å²) in [5, 5.41) is 5.77. The Kier molecular flexibility index (Phi) is 4.99. The summed E-state index contributed by atoms with van der Waals surface area (Å²) in [7, 11) is 0. The Balaban J connectivity index is 1.41. The summed E-state index contributed by atoms with van der Waals surface area (Å²) in [6.07, 6.45) is -1.64. The van der Waals surface area contributed by atoms with Crippen LogP contribution in [0.1, 0.15) is 30.0 Å². The minimum Gasteiger partial charge on any atom is -0.338 e. The molecule has 2 aliphatic rings. The van der Waals surface area contributed by atoms with E-state index in [1.54, 1.807) is 0 Å². The Hall–Kier alpha value is -1.76. The van der Waals surface area contributed by atoms with Crippen molar-refractivity contribution in [3.8, 4) is 0 Å². The van der Waals surface area contributed by atoms with Crippen molar-refractivity contribution in [2.24, 2.45) is 5.92 Å². The van der Waals surface area contributed by atoms with E-state index in [4.69, 9.17) is 0 Å². The van der Waals surface area contributed by atoms with E-state index in [0.717, 1.165) is 18.4 Å². The summed E-state index contributed by atoms with van der Waals surface area (Å²) in [5.41, 5.74) is 2.42. The number of carbonyl (C=O) groups excluding carboxylic acids is 1. The smallest absolute Gasteiger partial charge is 0.338 e. The molecule has 132 valence electrons. The van der Waals surface area contributed by atoms with Gasteiger partial charge in [0, 0.05) is 13.1 Å². The molecule has 0 aromatic heterocycles. The van der Waals surface area contributed by atoms with E-state index in [0.29, 0.717) is 26.1 Å². The van der Waals surface area contributed by atoms with Gasteiger partial charge in [-0.05, 0) is 42.9 Å². The zero-order chi connectivity index (χ0) is 17.2. The van der Waals surface area contributed by atoms with Crippen LogP contribution in [0.4, 0.5) is 18.0 Å². The molecule has 1 aromatic carbocycles. The fourth-order valence-corrected chi connectivity index (χ4v) is 3.63. The van der Waals surface area contributed by atoms with Crippen LogP contribution in [0.25, 0.3) is 0 Å². The normalized spacial score (nSPS) is 24.0. The summed E-state index contributed by atoms with van der Waals surface area (Å²) in [6.45, 7) is 0.360. The molecule has 2 amide bonds. The van der Waals surface area contributed by atoms with Crippen molar-refractivity contribution in [3.05, 3.63) is 35.4 Å². The molecule has 1 aliphatic heterocycles. The lowest BCUT2D eigenvalue weighted by Gasteiger charge is -2.19. The predicted molar refractivity (Wildman–Crippen MR) is 84.6 cm³/mol. The first-order valence-electron chi connectivity index (χ1n) is 8.32. The molecular weight excluding hydrogens is 319 g/mol. The zero-order valence-corrected chi connectivity index (χ0v) is 13.4. The largest absolute Gasteiger partial charge is 0.401 e. The molecule has 3 rings (SSSR count). The highest BCUT2D eigenvalue weighted by atomic mass is 19.4. The third-order valence-electron chi connectivity index (χ3n) is 4.76. The van der Waals surface area contributed by atoms with Gasteiger partial charge in [-0.15, -0.1) is 0 Å². The zero-order valence-electron chi connectivity index (χ0n) is 13.4. The standard InChI is InChI=1S/C17H22F3N3O/c18-17(19,20)11-23-8-7-12(10-23)9-21-16(24)22-15-6-5-13-3-1-2-4-14(13)15/h1-4,12,15H,5-11H2,(H2,21,22,24)/t12-,15+/m1/s1. The van der Waals surface area contributed by atoms with E-state index in [-0.39, 0.29) is 18.0 Å². The number of rotatable bonds is 4. The van der Waals surface area contributed by atoms with Gasteiger partial charge in [0.05, 0.1) is 12.6 Å². The molecule has 0 spiro atoms. The number of benzene rings is 1. The monoisotopic (exact) mass is 341 g/mol. The summed E-state index contributed by atoms with van der Waals surface area (Å²) in [5.74, 6) is 0.0777. The number of hydrogen-bond donors (Lipinski definition) is 2. The number of halogens is 3. The number of fused-ring (bicyclic) bond motifs is 1. The first-order chi connectivity index (χ1) is 11.4. The van der Waals surface area contributed by atoms with E-state index in [1.807, 2.05) is 18.2 Å². The van der Waals surface area contributed by atoms with E-state index >= 15 is 0 Å². The number of hydrogen-bond acceptors (Lipinski definition) is 2. The van der Waals surface area contributed by atoms with Crippen LogP contribution in [0.2, 0.25) is 0 Å². The van der Waals surface area contributed by atoms with Crippen molar-refractivity contribution in [1.29, 1.82) is 0 Å². The van der Waals surface area contributed by atoms with Crippen LogP contribution in [0.3, 0.4) is 0 Å². The molecular formula is C17H22F3N3O. The van der Waals surface area contributed by atoms with Crippen LogP contribution in [0.5, 0.6) is 0 Å². The van der Waals surface area contributed by atoms with Gasteiger partial charge >= 0.3 is 12.2 Å². The number of aryl methyl sites for hydroxylation is 1. The van der Waals surface area contributed by atoms with Crippen molar-refractivity contribution in [2.45, 2.75) is 31.5 Å². The molecule has 0 saturated carbocycles. The summed E-state index contributed by atoms with van der Waals surface area (Å²) < 4.78 is 37.1. The van der Waals surface area contributed by atoms with Gasteiger partial charge in [-0.1, -0.05) is 24.3 Å². The first-order valence-corrected chi connectivity index (χ1v) is 8.32. The fourth-order valence-electron chi connectivity index (χ4n) is 3.63. The molecule has 2 N–H and O–H groups in total. The number of likely N-dealkylation sites (tertiary alicyclic amines) is 1. The maximum Gasteiger partial charge on any atom is 0.401 e. The average molecular weight is 341 g/mol. The van der Waals surface area contributed by atoms with Gasteiger partial charge < -0.3 is 10.6 Å². The highest BCUT2D eigenvalue weighted by Gasteiger charge is 2.34. The third-order valence-corrected chi connectivity index (χ3v) is 4.76. The van der Waals surface area contributed by atoms with Crippen molar-refractivity contribution >= 4 is 6.03 Å². The van der Waals surface area contributed by atoms with Gasteiger partial charge in [0.2, 0.25) is 0 Å². The molecule has 0 bridgehead atoms. The SMILES string of the molecule is O=C(NC[C@H]1CCN(CC(F)(F)F)C1)N[C@H]1CCc2ccccc21. The van der Waals surface area contributed by atoms with Crippen LogP contribution >= 0.6 is 0 Å². The van der Waals surface area contributed by atoms with Crippen LogP contribution in [-0.2, 0) is 6.42 Å². The highest BCUT2D eigenvalue weighted by molar-refractivity contribution is 5.74. The van der Waals surface area contributed by atoms with Gasteiger partial charge in [-0.3, -0.25) is 4.90 Å². The second-order valence-corrected chi connectivity index (χ2v) is 6.65. The first kappa shape index (κ1) is 17.1. The van der Waals surface area contributed by atoms with Gasteiger partial charge in [0.25, 0.3) is 0 Å². The highest BCUT2D eigenvalue weighted by Crippen LogP contribution is 2.30. The maximum atomic E-state index is 12.4. The third kappa shape index (κ3) is 4.41. The molecule has 0 unspecified atom stereocenters. The number of urea groups is 1. The van der Waals surface area contributed by atoms with Crippen LogP contribution in [-0.4, -0.2) is 43.3 Å². The van der Waals surface area contributed by atoms with E-state index in [2.05, 4.69) is 16.7 Å². The lowest BCUT2D eigenvalue weighted by Crippen LogP contribution is -2.40. The molecule has 1 aliphatic carbocycles. The van der Waals surface area contributed by atoms with E-state index in [9.17, 15) is 18.0 Å². The molecule has 2 atom stereocenters. The van der Waals surface area contributed by atoms with Gasteiger partial charge in [0.15, 0.2) is 0 Å². The quantitative estimate of drug-likeness (QED) is 0.884. The number of nitrogens with one attached hydrogen (secondary N) is 2. The van der Waals surface area contributed by atoms with Gasteiger partial charge in [-0.2, -0.15) is 13.2 Å². The molecule has 1 aromatic rings. The number of alkyl halides is 3. The topological polar surface area (TPSA) is 44.4 Å². The van der Waals surface area contributed by atoms with E-state index in [1.165, 1.54) is 10.5 Å². The average Bonchev–Trinajstić information content (AvgIpc) is 3.11. The molecule has 1 saturated heterocycles. The second-order valence-electron chi connectivity index (χ2n) is 6.65. The Bertz CT molecular complexity index is 591. The molecule has 4 nitrogen and oxygen atoms in total. The molecule has 0 radical (unpaired) electrons. The number of carbonyl (C=O) groups is 1. The Morgan fingerprint density at radius 1 is 1.25 bits per heavy atom. The van der Waals surface area contributed by atoms with Crippen molar-refractivity contribution in [2.75, 3.05) is 26.2 Å². The lowest BCUT2D eigenvalue weighted by molar-refractivity contribution is -0.143. The Morgan fingerprint density at radius 2 is 2.04 bits per heavy atom. The molecule has 1 fully saturated rings. The Morgan fingerprint density at radius 3 is 2.83 bits per heavy atom. The van der Waals surface area contributed by atoms with Crippen molar-refractivity contribution < 1.29 is 18.0 Å². The van der Waals surface area contributed by atoms with Crippen LogP contribution in [0.15, 0.2) is 24.3 Å². The summed E-state index contributed by atoms with van der Waals surface area (Å²) >= 11 is 0. The summed E-state index contributed by atoms with van der Waals surface area (Å²) in [6, 6.07) is 7.83. The van der Waals surface area contributed by atoms with Crippen LogP contribution in [0, 0.1) is 5.92 Å². The minimum atomic E-state index is -4.16. The summed E-state index contributed by atoms with van der Waals surface area (Å²) in [4.78, 5) is 13.5. The molecule has 24 heavy (non-hydrogen) atoms. The maximum absolute atomic E-state index is 12.4. The van der Waals surface area contributed by atoms with Crippen LogP contribution < -0.4 is 10.6 Å².